The number of rotatable bonds is 1. The molecule has 0 fully saturated rings. The smallest absolute Gasteiger partial charge is 0.190 e. The number of alkyl halides is 2. The molecule has 0 amide bonds. The second kappa shape index (κ2) is 5.60. The molecule has 0 saturated heterocycles. The summed E-state index contributed by atoms with van der Waals surface area (Å²) in [6.07, 6.45) is -0.529. The maximum atomic E-state index is 14.3. The van der Waals surface area contributed by atoms with E-state index in [-0.39, 0.29) is 19.5 Å². The minimum atomic E-state index is -1.84. The summed E-state index contributed by atoms with van der Waals surface area (Å²) in [5.74, 6) is -0.505. The second-order valence-electron chi connectivity index (χ2n) is 5.12. The summed E-state index contributed by atoms with van der Waals surface area (Å²) in [6, 6.07) is 6.48. The van der Waals surface area contributed by atoms with Crippen molar-refractivity contribution in [2.24, 2.45) is 0 Å². The SMILES string of the molecule is Cc1c(F)ccc2c1C(F)C(F)N(C)C2n1cccc1.[B]. The van der Waals surface area contributed by atoms with Gasteiger partial charge >= 0.3 is 0 Å². The number of hydrogen-bond donors (Lipinski definition) is 0. The molecule has 2 aromatic rings. The average Bonchev–Trinajstić information content (AvgIpc) is 2.94. The number of hydrogen-bond acceptors (Lipinski definition) is 1. The molecule has 3 unspecified atom stereocenters. The van der Waals surface area contributed by atoms with Gasteiger partial charge in [-0.1, -0.05) is 6.07 Å². The monoisotopic (exact) mass is 291 g/mol. The highest BCUT2D eigenvalue weighted by Gasteiger charge is 2.41. The highest BCUT2D eigenvalue weighted by Crippen LogP contribution is 2.43. The molecular formula is C15H15BF3N2. The summed E-state index contributed by atoms with van der Waals surface area (Å²) in [4.78, 5) is 1.32. The molecule has 6 heteroatoms. The van der Waals surface area contributed by atoms with Crippen LogP contribution in [0.1, 0.15) is 29.0 Å². The Labute approximate surface area is 123 Å². The van der Waals surface area contributed by atoms with Gasteiger partial charge in [-0.25, -0.2) is 18.1 Å². The van der Waals surface area contributed by atoms with Gasteiger partial charge < -0.3 is 4.57 Å². The van der Waals surface area contributed by atoms with Crippen molar-refractivity contribution in [2.75, 3.05) is 7.05 Å². The number of fused-ring (bicyclic) bond motifs is 1. The van der Waals surface area contributed by atoms with Crippen LogP contribution in [0.4, 0.5) is 13.2 Å². The molecule has 1 aromatic heterocycles. The molecule has 1 aliphatic heterocycles. The van der Waals surface area contributed by atoms with Crippen LogP contribution < -0.4 is 0 Å². The third-order valence-corrected chi connectivity index (χ3v) is 3.96. The van der Waals surface area contributed by atoms with E-state index in [0.717, 1.165) is 0 Å². The summed E-state index contributed by atoms with van der Waals surface area (Å²) in [7, 11) is 1.53. The van der Waals surface area contributed by atoms with Gasteiger partial charge in [0.05, 0.1) is 0 Å². The van der Waals surface area contributed by atoms with Crippen LogP contribution in [0, 0.1) is 12.7 Å². The van der Waals surface area contributed by atoms with E-state index in [2.05, 4.69) is 0 Å². The van der Waals surface area contributed by atoms with Gasteiger partial charge in [-0.05, 0) is 43.3 Å². The zero-order chi connectivity index (χ0) is 14.4. The number of likely N-dealkylation sites (N-methyl/N-ethyl adjacent to an activating group) is 1. The maximum Gasteiger partial charge on any atom is 0.190 e. The summed E-state index contributed by atoms with van der Waals surface area (Å²) < 4.78 is 44.0. The van der Waals surface area contributed by atoms with Crippen LogP contribution in [0.15, 0.2) is 36.7 Å². The summed E-state index contributed by atoms with van der Waals surface area (Å²) in [6.45, 7) is 1.49. The highest BCUT2D eigenvalue weighted by atomic mass is 19.2. The Morgan fingerprint density at radius 3 is 2.33 bits per heavy atom. The van der Waals surface area contributed by atoms with Crippen LogP contribution in [-0.4, -0.2) is 31.2 Å². The van der Waals surface area contributed by atoms with Crippen LogP contribution in [0.3, 0.4) is 0 Å². The van der Waals surface area contributed by atoms with Gasteiger partial charge in [0.2, 0.25) is 0 Å². The van der Waals surface area contributed by atoms with Crippen molar-refractivity contribution in [3.63, 3.8) is 0 Å². The van der Waals surface area contributed by atoms with E-state index in [1.165, 1.54) is 31.0 Å². The molecule has 1 aliphatic rings. The molecule has 3 rings (SSSR count). The number of halogens is 3. The summed E-state index contributed by atoms with van der Waals surface area (Å²) in [5, 5.41) is 0. The molecule has 0 aliphatic carbocycles. The van der Waals surface area contributed by atoms with Crippen molar-refractivity contribution in [2.45, 2.75) is 25.6 Å². The standard InChI is InChI=1S/C15H15F3N2.B/c1-9-11(16)6-5-10-12(9)13(17)14(18)19(2)15(10)20-7-3-4-8-20;/h3-8,13-15H,1-2H3;. The second-order valence-corrected chi connectivity index (χ2v) is 5.12. The van der Waals surface area contributed by atoms with Crippen LogP contribution in [0.5, 0.6) is 0 Å². The van der Waals surface area contributed by atoms with Gasteiger partial charge in [0.15, 0.2) is 12.5 Å². The van der Waals surface area contributed by atoms with E-state index >= 15 is 0 Å². The predicted octanol–water partition coefficient (Wildman–Crippen LogP) is 3.35. The Morgan fingerprint density at radius 1 is 1.10 bits per heavy atom. The number of benzene rings is 1. The van der Waals surface area contributed by atoms with Crippen molar-refractivity contribution in [3.8, 4) is 0 Å². The van der Waals surface area contributed by atoms with Crippen LogP contribution >= 0.6 is 0 Å². The fraction of sp³-hybridized carbons (Fsp3) is 0.333. The summed E-state index contributed by atoms with van der Waals surface area (Å²) in [5.41, 5.74) is 0.918. The van der Waals surface area contributed by atoms with E-state index in [4.69, 9.17) is 0 Å². The predicted molar refractivity (Wildman–Crippen MR) is 76.0 cm³/mol. The highest BCUT2D eigenvalue weighted by molar-refractivity contribution is 5.75. The topological polar surface area (TPSA) is 8.17 Å². The molecule has 109 valence electrons. The van der Waals surface area contributed by atoms with Crippen LogP contribution in [0.2, 0.25) is 0 Å². The first-order chi connectivity index (χ1) is 9.52. The van der Waals surface area contributed by atoms with Gasteiger partial charge in [0.25, 0.3) is 0 Å². The lowest BCUT2D eigenvalue weighted by Gasteiger charge is -2.40. The molecule has 0 bridgehead atoms. The van der Waals surface area contributed by atoms with Crippen molar-refractivity contribution in [1.29, 1.82) is 0 Å². The third-order valence-electron chi connectivity index (χ3n) is 3.96. The lowest BCUT2D eigenvalue weighted by atomic mass is 9.90. The molecule has 2 heterocycles. The normalized spacial score (nSPS) is 25.3. The molecule has 3 atom stereocenters. The fourth-order valence-corrected chi connectivity index (χ4v) is 2.89. The Hall–Kier alpha value is -1.69. The molecule has 21 heavy (non-hydrogen) atoms. The molecule has 0 N–H and O–H groups in total. The first-order valence-corrected chi connectivity index (χ1v) is 6.43. The van der Waals surface area contributed by atoms with Crippen molar-refractivity contribution < 1.29 is 13.2 Å². The number of nitrogens with zero attached hydrogens (tertiary/aromatic N) is 2. The quantitative estimate of drug-likeness (QED) is 0.578. The Kier molecular flexibility index (Phi) is 4.19. The third kappa shape index (κ3) is 2.27. The molecular weight excluding hydrogens is 276 g/mol. The van der Waals surface area contributed by atoms with Gasteiger partial charge in [-0.15, -0.1) is 0 Å². The van der Waals surface area contributed by atoms with E-state index in [1.54, 1.807) is 17.0 Å². The molecule has 3 radical (unpaired) electrons. The van der Waals surface area contributed by atoms with Gasteiger partial charge in [0, 0.05) is 26.4 Å². The van der Waals surface area contributed by atoms with E-state index in [0.29, 0.717) is 5.56 Å². The fourth-order valence-electron chi connectivity index (χ4n) is 2.89. The van der Waals surface area contributed by atoms with E-state index in [9.17, 15) is 13.2 Å². The van der Waals surface area contributed by atoms with Crippen LogP contribution in [-0.2, 0) is 0 Å². The van der Waals surface area contributed by atoms with Crippen molar-refractivity contribution in [1.82, 2.24) is 9.47 Å². The zero-order valence-corrected chi connectivity index (χ0v) is 11.8. The van der Waals surface area contributed by atoms with Gasteiger partial charge in [-0.3, -0.25) is 0 Å². The minimum Gasteiger partial charge on any atom is -0.334 e. The first kappa shape index (κ1) is 15.7. The Bertz CT molecular complexity index is 630. The van der Waals surface area contributed by atoms with Crippen LogP contribution in [0.25, 0.3) is 0 Å². The Balaban J connectivity index is 0.00000161. The lowest BCUT2D eigenvalue weighted by molar-refractivity contribution is -0.0227. The van der Waals surface area contributed by atoms with Crippen molar-refractivity contribution >= 4 is 8.41 Å². The number of aromatic nitrogens is 1. The molecule has 1 aromatic carbocycles. The molecule has 0 spiro atoms. The zero-order valence-electron chi connectivity index (χ0n) is 11.8. The first-order valence-electron chi connectivity index (χ1n) is 6.43. The minimum absolute atomic E-state index is 0. The lowest BCUT2D eigenvalue weighted by Crippen LogP contribution is -2.43. The average molecular weight is 291 g/mol. The van der Waals surface area contributed by atoms with Gasteiger partial charge in [-0.2, -0.15) is 0 Å². The van der Waals surface area contributed by atoms with Gasteiger partial charge in [0.1, 0.15) is 12.0 Å². The van der Waals surface area contributed by atoms with E-state index < -0.39 is 24.5 Å². The molecule has 2 nitrogen and oxygen atoms in total. The van der Waals surface area contributed by atoms with E-state index in [1.807, 2.05) is 12.1 Å². The maximum absolute atomic E-state index is 14.3. The Morgan fingerprint density at radius 2 is 1.71 bits per heavy atom. The molecule has 0 saturated carbocycles. The van der Waals surface area contributed by atoms with Crippen molar-refractivity contribution in [3.05, 3.63) is 59.2 Å². The largest absolute Gasteiger partial charge is 0.334 e. The summed E-state index contributed by atoms with van der Waals surface area (Å²) >= 11 is 0.